The van der Waals surface area contributed by atoms with E-state index in [0.29, 0.717) is 43.7 Å². The molecule has 2 amide bonds. The molecule has 3 fully saturated rings. The van der Waals surface area contributed by atoms with Crippen molar-refractivity contribution in [3.8, 4) is 5.75 Å². The van der Waals surface area contributed by atoms with E-state index >= 15 is 0 Å². The molecule has 184 valence electrons. The molecule has 4 aliphatic rings. The average Bonchev–Trinajstić information content (AvgIpc) is 3.09. The zero-order chi connectivity index (χ0) is 23.8. The molecule has 5 rings (SSSR count). The summed E-state index contributed by atoms with van der Waals surface area (Å²) in [4.78, 5) is 29.3. The number of alkyl halides is 2. The van der Waals surface area contributed by atoms with Crippen molar-refractivity contribution < 1.29 is 27.8 Å². The number of ether oxygens (including phenoxy) is 2. The highest BCUT2D eigenvalue weighted by Crippen LogP contribution is 2.34. The van der Waals surface area contributed by atoms with Gasteiger partial charge in [-0.05, 0) is 55.9 Å². The first-order valence-corrected chi connectivity index (χ1v) is 12.1. The normalized spacial score (nSPS) is 28.1. The molecule has 1 saturated carbocycles. The van der Waals surface area contributed by atoms with Crippen molar-refractivity contribution >= 4 is 11.8 Å². The van der Waals surface area contributed by atoms with E-state index in [1.54, 1.807) is 11.0 Å². The van der Waals surface area contributed by atoms with Crippen LogP contribution in [0.15, 0.2) is 30.5 Å². The lowest BCUT2D eigenvalue weighted by Gasteiger charge is -2.48. The summed E-state index contributed by atoms with van der Waals surface area (Å²) < 4.78 is 36.4. The summed E-state index contributed by atoms with van der Waals surface area (Å²) in [5.41, 5.74) is 2.18. The number of hydrogen-bond acceptors (Lipinski definition) is 5. The summed E-state index contributed by atoms with van der Waals surface area (Å²) in [7, 11) is 0. The van der Waals surface area contributed by atoms with Gasteiger partial charge in [0.1, 0.15) is 24.5 Å². The highest BCUT2D eigenvalue weighted by Gasteiger charge is 2.40. The molecule has 1 aliphatic carbocycles. The first kappa shape index (κ1) is 23.2. The zero-order valence-corrected chi connectivity index (χ0v) is 19.2. The monoisotopic (exact) mass is 475 g/mol. The van der Waals surface area contributed by atoms with Gasteiger partial charge in [0.15, 0.2) is 0 Å². The summed E-state index contributed by atoms with van der Waals surface area (Å²) in [5, 5.41) is 2.76. The second-order valence-electron chi connectivity index (χ2n) is 9.71. The van der Waals surface area contributed by atoms with Gasteiger partial charge in [0, 0.05) is 36.9 Å². The van der Waals surface area contributed by atoms with Crippen LogP contribution < -0.4 is 10.1 Å². The number of carbonyl (C=O) groups excluding carboxylic acids is 2. The Morgan fingerprint density at radius 1 is 1.15 bits per heavy atom. The third-order valence-corrected chi connectivity index (χ3v) is 7.37. The minimum atomic E-state index is -2.44. The number of hydrogen-bond donors (Lipinski definition) is 1. The van der Waals surface area contributed by atoms with Crippen LogP contribution in [0.4, 0.5) is 8.78 Å². The lowest BCUT2D eigenvalue weighted by atomic mass is 9.89. The highest BCUT2D eigenvalue weighted by molar-refractivity contribution is 6.01. The fourth-order valence-corrected chi connectivity index (χ4v) is 5.57. The van der Waals surface area contributed by atoms with Crippen LogP contribution in [-0.2, 0) is 16.1 Å². The first-order valence-electron chi connectivity index (χ1n) is 12.1. The fraction of sp³-hybridized carbons (Fsp3) is 0.600. The van der Waals surface area contributed by atoms with Gasteiger partial charge >= 0.3 is 0 Å². The van der Waals surface area contributed by atoms with E-state index in [1.807, 2.05) is 12.1 Å². The number of rotatable bonds is 7. The molecular weight excluding hydrogens is 444 g/mol. The molecule has 3 aliphatic heterocycles. The fourth-order valence-electron chi connectivity index (χ4n) is 5.57. The predicted octanol–water partition coefficient (Wildman–Crippen LogP) is 3.09. The van der Waals surface area contributed by atoms with Crippen LogP contribution in [0.3, 0.4) is 0 Å². The van der Waals surface area contributed by atoms with Crippen molar-refractivity contribution in [2.24, 2.45) is 0 Å². The zero-order valence-electron chi connectivity index (χ0n) is 19.2. The number of allylic oxidation sites excluding steroid dienone is 1. The van der Waals surface area contributed by atoms with Gasteiger partial charge in [-0.15, -0.1) is 0 Å². The number of likely N-dealkylation sites (tertiary alicyclic amines) is 1. The average molecular weight is 476 g/mol. The molecule has 7 nitrogen and oxygen atoms in total. The van der Waals surface area contributed by atoms with Gasteiger partial charge in [-0.2, -0.15) is 0 Å². The van der Waals surface area contributed by atoms with Gasteiger partial charge in [0.25, 0.3) is 12.3 Å². The second kappa shape index (κ2) is 9.62. The van der Waals surface area contributed by atoms with Gasteiger partial charge < -0.3 is 19.7 Å². The maximum atomic E-state index is 13.0. The molecule has 1 aromatic carbocycles. The van der Waals surface area contributed by atoms with Crippen molar-refractivity contribution in [3.63, 3.8) is 0 Å². The van der Waals surface area contributed by atoms with Crippen molar-refractivity contribution in [1.82, 2.24) is 15.1 Å². The number of benzene rings is 1. The number of nitrogens with one attached hydrogen (secondary N) is 1. The van der Waals surface area contributed by atoms with Crippen LogP contribution in [0.5, 0.6) is 5.75 Å². The topological polar surface area (TPSA) is 71.1 Å². The van der Waals surface area contributed by atoms with Gasteiger partial charge in [-0.3, -0.25) is 14.5 Å². The molecule has 3 atom stereocenters. The van der Waals surface area contributed by atoms with E-state index in [2.05, 4.69) is 16.8 Å². The molecule has 3 heterocycles. The summed E-state index contributed by atoms with van der Waals surface area (Å²) in [5.74, 6) is 0.419. The minimum absolute atomic E-state index is 0.00573. The molecule has 2 saturated heterocycles. The molecule has 1 N–H and O–H groups in total. The van der Waals surface area contributed by atoms with Crippen LogP contribution >= 0.6 is 0 Å². The van der Waals surface area contributed by atoms with Crippen molar-refractivity contribution in [3.05, 3.63) is 41.6 Å². The van der Waals surface area contributed by atoms with Crippen molar-refractivity contribution in [2.45, 2.75) is 75.8 Å². The molecule has 0 spiro atoms. The quantitative estimate of drug-likeness (QED) is 0.656. The maximum Gasteiger partial charge on any atom is 0.261 e. The van der Waals surface area contributed by atoms with Gasteiger partial charge in [0.05, 0.1) is 6.10 Å². The Morgan fingerprint density at radius 3 is 2.71 bits per heavy atom. The molecule has 0 radical (unpaired) electrons. The molecule has 9 heteroatoms. The van der Waals surface area contributed by atoms with Crippen molar-refractivity contribution in [1.29, 1.82) is 0 Å². The Morgan fingerprint density at radius 2 is 1.94 bits per heavy atom. The van der Waals surface area contributed by atoms with Gasteiger partial charge in [0.2, 0.25) is 5.91 Å². The van der Waals surface area contributed by atoms with E-state index < -0.39 is 19.1 Å². The lowest BCUT2D eigenvalue weighted by molar-refractivity contribution is -0.126. The highest BCUT2D eigenvalue weighted by atomic mass is 19.3. The first-order chi connectivity index (χ1) is 16.4. The number of halogens is 2. The Kier molecular flexibility index (Phi) is 6.57. The summed E-state index contributed by atoms with van der Waals surface area (Å²) >= 11 is 0. The third-order valence-electron chi connectivity index (χ3n) is 7.37. The van der Waals surface area contributed by atoms with Crippen molar-refractivity contribution in [2.75, 3.05) is 19.7 Å². The molecule has 0 bridgehead atoms. The second-order valence-corrected chi connectivity index (χ2v) is 9.71. The molecule has 0 aromatic heterocycles. The molecule has 1 unspecified atom stereocenters. The largest absolute Gasteiger partial charge is 0.489 e. The Hall–Kier alpha value is -2.52. The van der Waals surface area contributed by atoms with Crippen LogP contribution in [0.1, 0.15) is 54.4 Å². The number of fused-ring (bicyclic) bond motifs is 1. The smallest absolute Gasteiger partial charge is 0.261 e. The SMILES string of the molecule is C=C1CCC(N2Cc3cc(O[C@@H]4CCCC[C@H]4N4CC(OCC(F)F)C4)ccc3C2=O)C(=O)N1. The number of nitrogens with zero attached hydrogens (tertiary/aromatic N) is 2. The molecule has 1 aromatic rings. The minimum Gasteiger partial charge on any atom is -0.489 e. The maximum absolute atomic E-state index is 13.0. The molecule has 34 heavy (non-hydrogen) atoms. The number of amides is 2. The summed E-state index contributed by atoms with van der Waals surface area (Å²) in [6.07, 6.45) is 2.81. The third kappa shape index (κ3) is 4.68. The summed E-state index contributed by atoms with van der Waals surface area (Å²) in [6, 6.07) is 5.29. The predicted molar refractivity (Wildman–Crippen MR) is 121 cm³/mol. The number of piperidine rings is 1. The lowest BCUT2D eigenvalue weighted by Crippen LogP contribution is -2.61. The van der Waals surface area contributed by atoms with Crippen LogP contribution in [0, 0.1) is 0 Å². The van der Waals surface area contributed by atoms with Crippen LogP contribution in [0.2, 0.25) is 0 Å². The van der Waals surface area contributed by atoms with E-state index in [-0.39, 0.29) is 30.1 Å². The van der Waals surface area contributed by atoms with Gasteiger partial charge in [-0.25, -0.2) is 8.78 Å². The van der Waals surface area contributed by atoms with E-state index in [9.17, 15) is 18.4 Å². The standard InChI is InChI=1S/C25H31F2N3O4/c1-15-6-9-21(24(31)28-15)30-11-16-10-17(7-8-19(16)25(30)32)34-22-5-3-2-4-20(22)29-12-18(13-29)33-14-23(26)27/h7-8,10,18,20-23H,1-6,9,11-14H2,(H,28,31)/t20-,21?,22-/m1/s1. The Labute approximate surface area is 198 Å². The van der Waals surface area contributed by atoms with E-state index in [4.69, 9.17) is 9.47 Å². The Bertz CT molecular complexity index is 965. The van der Waals surface area contributed by atoms with Crippen LogP contribution in [-0.4, -0.2) is 72.0 Å². The van der Waals surface area contributed by atoms with Gasteiger partial charge in [-0.1, -0.05) is 13.0 Å². The van der Waals surface area contributed by atoms with E-state index in [0.717, 1.165) is 37.0 Å². The Balaban J connectivity index is 1.22. The van der Waals surface area contributed by atoms with E-state index in [1.165, 1.54) is 0 Å². The number of carbonyl (C=O) groups is 2. The summed E-state index contributed by atoms with van der Waals surface area (Å²) in [6.45, 7) is 4.99. The molecular formula is C25H31F2N3O4. The van der Waals surface area contributed by atoms with Crippen LogP contribution in [0.25, 0.3) is 0 Å².